The fourth-order valence-corrected chi connectivity index (χ4v) is 4.08. The molecule has 1 amide bonds. The van der Waals surface area contributed by atoms with Crippen molar-refractivity contribution in [2.45, 2.75) is 66.3 Å². The van der Waals surface area contributed by atoms with E-state index in [9.17, 15) is 4.79 Å². The molecule has 2 heterocycles. The predicted molar refractivity (Wildman–Crippen MR) is 104 cm³/mol. The van der Waals surface area contributed by atoms with Crippen LogP contribution in [0.5, 0.6) is 0 Å². The van der Waals surface area contributed by atoms with Gasteiger partial charge in [0.15, 0.2) is 0 Å². The van der Waals surface area contributed by atoms with E-state index in [-0.39, 0.29) is 5.91 Å². The molecule has 0 aliphatic heterocycles. The maximum Gasteiger partial charge on any atom is 0.251 e. The van der Waals surface area contributed by atoms with Crippen LogP contribution in [0.4, 0.5) is 0 Å². The Morgan fingerprint density at radius 3 is 2.62 bits per heavy atom. The van der Waals surface area contributed by atoms with Crippen LogP contribution in [0, 0.1) is 12.8 Å². The molecule has 0 radical (unpaired) electrons. The zero-order valence-electron chi connectivity index (χ0n) is 15.4. The van der Waals surface area contributed by atoms with Crippen LogP contribution in [0.1, 0.15) is 68.2 Å². The average Bonchev–Trinajstić information content (AvgIpc) is 3.12. The molecule has 2 aromatic heterocycles. The molecule has 0 saturated heterocycles. The smallest absolute Gasteiger partial charge is 0.251 e. The Labute approximate surface area is 149 Å². The molecule has 0 atom stereocenters. The number of aromatic nitrogens is 1. The van der Waals surface area contributed by atoms with Crippen molar-refractivity contribution in [3.63, 3.8) is 0 Å². The first-order chi connectivity index (χ1) is 11.5. The van der Waals surface area contributed by atoms with Gasteiger partial charge in [0, 0.05) is 28.4 Å². The monoisotopic (exact) mass is 346 g/mol. The minimum atomic E-state index is -0.309. The Hall–Kier alpha value is -1.55. The number of carbonyl (C=O) groups excluding carboxylic acids is 1. The molecule has 0 saturated carbocycles. The van der Waals surface area contributed by atoms with Crippen LogP contribution >= 0.6 is 11.3 Å². The van der Waals surface area contributed by atoms with Gasteiger partial charge >= 0.3 is 0 Å². The number of primary amides is 1. The van der Waals surface area contributed by atoms with Crippen molar-refractivity contribution in [1.82, 2.24) is 4.57 Å². The summed E-state index contributed by atoms with van der Waals surface area (Å²) >= 11 is 1.69. The van der Waals surface area contributed by atoms with E-state index >= 15 is 0 Å². The van der Waals surface area contributed by atoms with Crippen molar-refractivity contribution in [1.29, 1.82) is 0 Å². The quantitative estimate of drug-likeness (QED) is 0.607. The highest BCUT2D eigenvalue weighted by Gasteiger charge is 2.24. The van der Waals surface area contributed by atoms with Gasteiger partial charge in [-0.15, -0.1) is 11.3 Å². The lowest BCUT2D eigenvalue weighted by Crippen LogP contribution is -2.13. The summed E-state index contributed by atoms with van der Waals surface area (Å²) in [5.74, 6) is 0.327. The zero-order valence-corrected chi connectivity index (χ0v) is 16.2. The van der Waals surface area contributed by atoms with Gasteiger partial charge in [-0.25, -0.2) is 0 Å². The molecular formula is C20H30N2OS. The molecule has 24 heavy (non-hydrogen) atoms. The van der Waals surface area contributed by atoms with Gasteiger partial charge in [-0.3, -0.25) is 4.79 Å². The van der Waals surface area contributed by atoms with Gasteiger partial charge < -0.3 is 10.3 Å². The fraction of sp³-hybridized carbons (Fsp3) is 0.550. The summed E-state index contributed by atoms with van der Waals surface area (Å²) in [4.78, 5) is 13.3. The van der Waals surface area contributed by atoms with Crippen molar-refractivity contribution in [2.75, 3.05) is 0 Å². The third-order valence-corrected chi connectivity index (χ3v) is 5.48. The van der Waals surface area contributed by atoms with Crippen LogP contribution in [0.15, 0.2) is 17.5 Å². The number of thiophene rings is 1. The van der Waals surface area contributed by atoms with Crippen molar-refractivity contribution in [3.8, 4) is 10.4 Å². The first-order valence-electron chi connectivity index (χ1n) is 9.03. The molecular weight excluding hydrogens is 316 g/mol. The molecule has 0 unspecified atom stereocenters. The van der Waals surface area contributed by atoms with E-state index in [2.05, 4.69) is 36.8 Å². The third-order valence-electron chi connectivity index (χ3n) is 4.59. The lowest BCUT2D eigenvalue weighted by atomic mass is 10.0. The van der Waals surface area contributed by atoms with E-state index in [1.54, 1.807) is 11.3 Å². The van der Waals surface area contributed by atoms with Gasteiger partial charge in [-0.05, 0) is 43.6 Å². The number of nitrogens with zero attached hydrogens (tertiary/aromatic N) is 1. The first kappa shape index (κ1) is 18.8. The van der Waals surface area contributed by atoms with Gasteiger partial charge in [0.1, 0.15) is 0 Å². The molecule has 3 nitrogen and oxygen atoms in total. The SMILES string of the molecule is CCCCCc1c(-c2cccs2)c(C(N)=O)c(C)n1CCC(C)C. The molecule has 0 aliphatic carbocycles. The Balaban J connectivity index is 2.55. The molecule has 2 aromatic rings. The molecule has 0 aliphatic rings. The first-order valence-corrected chi connectivity index (χ1v) is 9.90. The Kier molecular flexibility index (Phi) is 6.67. The number of rotatable bonds is 9. The summed E-state index contributed by atoms with van der Waals surface area (Å²) in [5.41, 5.74) is 9.88. The van der Waals surface area contributed by atoms with Crippen LogP contribution in [-0.2, 0) is 13.0 Å². The molecule has 0 aromatic carbocycles. The summed E-state index contributed by atoms with van der Waals surface area (Å²) in [6.45, 7) is 9.70. The Morgan fingerprint density at radius 1 is 1.33 bits per heavy atom. The summed E-state index contributed by atoms with van der Waals surface area (Å²) in [6, 6.07) is 4.14. The maximum atomic E-state index is 12.2. The van der Waals surface area contributed by atoms with Crippen LogP contribution in [0.3, 0.4) is 0 Å². The van der Waals surface area contributed by atoms with Crippen LogP contribution < -0.4 is 5.73 Å². The fourth-order valence-electron chi connectivity index (χ4n) is 3.28. The second-order valence-corrected chi connectivity index (χ2v) is 7.86. The van der Waals surface area contributed by atoms with Crippen molar-refractivity contribution in [3.05, 3.63) is 34.5 Å². The van der Waals surface area contributed by atoms with E-state index in [0.29, 0.717) is 11.5 Å². The highest BCUT2D eigenvalue weighted by atomic mass is 32.1. The van der Waals surface area contributed by atoms with E-state index in [1.165, 1.54) is 18.5 Å². The Morgan fingerprint density at radius 2 is 2.08 bits per heavy atom. The topological polar surface area (TPSA) is 48.0 Å². The van der Waals surface area contributed by atoms with E-state index in [0.717, 1.165) is 41.9 Å². The molecule has 132 valence electrons. The lowest BCUT2D eigenvalue weighted by molar-refractivity contribution is 0.1000. The van der Waals surface area contributed by atoms with Crippen molar-refractivity contribution >= 4 is 17.2 Å². The largest absolute Gasteiger partial charge is 0.366 e. The predicted octanol–water partition coefficient (Wildman–Crippen LogP) is 5.40. The van der Waals surface area contributed by atoms with Crippen LogP contribution in [-0.4, -0.2) is 10.5 Å². The van der Waals surface area contributed by atoms with Crippen molar-refractivity contribution in [2.24, 2.45) is 11.7 Å². The van der Waals surface area contributed by atoms with E-state index < -0.39 is 0 Å². The number of carbonyl (C=O) groups is 1. The van der Waals surface area contributed by atoms with Gasteiger partial charge in [0.2, 0.25) is 0 Å². The minimum absolute atomic E-state index is 0.309. The van der Waals surface area contributed by atoms with Crippen molar-refractivity contribution < 1.29 is 4.79 Å². The summed E-state index contributed by atoms with van der Waals surface area (Å²) in [7, 11) is 0. The highest BCUT2D eigenvalue weighted by molar-refractivity contribution is 7.13. The van der Waals surface area contributed by atoms with Gasteiger partial charge in [-0.1, -0.05) is 39.7 Å². The number of hydrogen-bond acceptors (Lipinski definition) is 2. The summed E-state index contributed by atoms with van der Waals surface area (Å²) in [5, 5.41) is 2.07. The number of nitrogens with two attached hydrogens (primary N) is 1. The number of amides is 1. The number of unbranched alkanes of at least 4 members (excludes halogenated alkanes) is 2. The number of hydrogen-bond donors (Lipinski definition) is 1. The van der Waals surface area contributed by atoms with E-state index in [4.69, 9.17) is 5.73 Å². The second kappa shape index (κ2) is 8.52. The van der Waals surface area contributed by atoms with Gasteiger partial charge in [-0.2, -0.15) is 0 Å². The van der Waals surface area contributed by atoms with Crippen LogP contribution in [0.25, 0.3) is 10.4 Å². The summed E-state index contributed by atoms with van der Waals surface area (Å²) in [6.07, 6.45) is 5.68. The molecule has 4 heteroatoms. The molecule has 0 bridgehead atoms. The standard InChI is InChI=1S/C20H30N2OS/c1-5-6-7-9-16-19(17-10-8-13-24-17)18(20(21)23)15(4)22(16)12-11-14(2)3/h8,10,13-14H,5-7,9,11-12H2,1-4H3,(H2,21,23). The normalized spacial score (nSPS) is 11.4. The average molecular weight is 347 g/mol. The molecule has 0 fully saturated rings. The van der Waals surface area contributed by atoms with E-state index in [1.807, 2.05) is 13.0 Å². The molecule has 0 spiro atoms. The summed E-state index contributed by atoms with van der Waals surface area (Å²) < 4.78 is 2.35. The molecule has 2 rings (SSSR count). The lowest BCUT2D eigenvalue weighted by Gasteiger charge is -2.14. The van der Waals surface area contributed by atoms with Crippen LogP contribution in [0.2, 0.25) is 0 Å². The second-order valence-electron chi connectivity index (χ2n) is 6.91. The van der Waals surface area contributed by atoms with Gasteiger partial charge in [0.05, 0.1) is 5.56 Å². The third kappa shape index (κ3) is 4.10. The minimum Gasteiger partial charge on any atom is -0.366 e. The molecule has 2 N–H and O–H groups in total. The maximum absolute atomic E-state index is 12.2. The Bertz CT molecular complexity index is 668. The van der Waals surface area contributed by atoms with Gasteiger partial charge in [0.25, 0.3) is 5.91 Å². The highest BCUT2D eigenvalue weighted by Crippen LogP contribution is 2.36. The zero-order chi connectivity index (χ0) is 17.7.